The molecule has 0 aromatic heterocycles. The summed E-state index contributed by atoms with van der Waals surface area (Å²) in [6, 6.07) is 6.26. The van der Waals surface area contributed by atoms with Crippen molar-refractivity contribution < 1.29 is 4.43 Å². The molecule has 0 heterocycles. The summed E-state index contributed by atoms with van der Waals surface area (Å²) < 4.78 is 5.45. The number of hydrogen-bond donors (Lipinski definition) is 0. The molecule has 0 bridgehead atoms. The van der Waals surface area contributed by atoms with Gasteiger partial charge >= 0.3 is 9.76 Å². The fourth-order valence-electron chi connectivity index (χ4n) is 0.927. The Morgan fingerprint density at radius 1 is 1.27 bits per heavy atom. The molecule has 0 aliphatic rings. The van der Waals surface area contributed by atoms with E-state index in [1.165, 1.54) is 11.1 Å². The third-order valence-corrected chi connectivity index (χ3v) is 1.98. The molecule has 0 fully saturated rings. The molecular formula is C9H12OSi. The fourth-order valence-corrected chi connectivity index (χ4v) is 1.37. The van der Waals surface area contributed by atoms with Crippen LogP contribution >= 0.6 is 0 Å². The van der Waals surface area contributed by atoms with Gasteiger partial charge in [0.2, 0.25) is 0 Å². The standard InChI is InChI=1S/C9H12OSi/c1-7-4-5-8(2)9(6-7)10-11-3/h4-6H,1-3H3. The third kappa shape index (κ3) is 2.08. The molecule has 0 amide bonds. The van der Waals surface area contributed by atoms with Crippen molar-refractivity contribution in [1.29, 1.82) is 0 Å². The molecule has 2 radical (unpaired) electrons. The molecule has 0 unspecified atom stereocenters. The highest BCUT2D eigenvalue weighted by Gasteiger charge is 1.97. The summed E-state index contributed by atoms with van der Waals surface area (Å²) in [5.74, 6) is 1.02. The molecule has 0 saturated carbocycles. The molecule has 58 valence electrons. The summed E-state index contributed by atoms with van der Waals surface area (Å²) in [6.07, 6.45) is 0. The lowest BCUT2D eigenvalue weighted by atomic mass is 10.1. The van der Waals surface area contributed by atoms with Crippen LogP contribution in [0.4, 0.5) is 0 Å². The van der Waals surface area contributed by atoms with Crippen molar-refractivity contribution in [3.63, 3.8) is 0 Å². The molecule has 1 nitrogen and oxygen atoms in total. The Kier molecular flexibility index (Phi) is 2.71. The normalized spacial score (nSPS) is 9.73. The van der Waals surface area contributed by atoms with Crippen molar-refractivity contribution in [2.45, 2.75) is 20.4 Å². The molecule has 0 spiro atoms. The molecule has 0 aliphatic carbocycles. The molecule has 1 aromatic carbocycles. The van der Waals surface area contributed by atoms with Crippen molar-refractivity contribution in [2.75, 3.05) is 0 Å². The molecule has 2 heteroatoms. The van der Waals surface area contributed by atoms with E-state index in [-0.39, 0.29) is 0 Å². The van der Waals surface area contributed by atoms with Gasteiger partial charge in [0.15, 0.2) is 0 Å². The Balaban J connectivity index is 2.93. The second-order valence-corrected chi connectivity index (χ2v) is 3.19. The second kappa shape index (κ2) is 3.58. The average Bonchev–Trinajstić information content (AvgIpc) is 1.98. The van der Waals surface area contributed by atoms with Crippen molar-refractivity contribution in [3.05, 3.63) is 29.3 Å². The van der Waals surface area contributed by atoms with Gasteiger partial charge in [-0.1, -0.05) is 12.1 Å². The van der Waals surface area contributed by atoms with Gasteiger partial charge in [-0.15, -0.1) is 0 Å². The average molecular weight is 164 g/mol. The molecule has 0 atom stereocenters. The molecule has 0 aliphatic heterocycles. The minimum Gasteiger partial charge on any atom is -0.541 e. The van der Waals surface area contributed by atoms with Gasteiger partial charge in [-0.05, 0) is 37.6 Å². The number of hydrogen-bond acceptors (Lipinski definition) is 1. The Morgan fingerprint density at radius 3 is 2.64 bits per heavy atom. The van der Waals surface area contributed by atoms with E-state index in [0.717, 1.165) is 5.75 Å². The molecule has 1 aromatic rings. The Morgan fingerprint density at radius 2 is 2.00 bits per heavy atom. The first-order valence-electron chi connectivity index (χ1n) is 3.65. The third-order valence-electron chi connectivity index (χ3n) is 1.56. The topological polar surface area (TPSA) is 9.23 Å². The van der Waals surface area contributed by atoms with Crippen LogP contribution in [0.2, 0.25) is 6.55 Å². The first-order valence-corrected chi connectivity index (χ1v) is 5.05. The molecule has 0 saturated heterocycles. The number of benzene rings is 1. The fraction of sp³-hybridized carbons (Fsp3) is 0.333. The highest BCUT2D eigenvalue weighted by molar-refractivity contribution is 6.26. The lowest BCUT2D eigenvalue weighted by Crippen LogP contribution is -1.97. The van der Waals surface area contributed by atoms with E-state index in [1.807, 2.05) is 6.55 Å². The summed E-state index contributed by atoms with van der Waals surface area (Å²) in [6.45, 7) is 6.17. The molecule has 1 rings (SSSR count). The van der Waals surface area contributed by atoms with Crippen molar-refractivity contribution in [3.8, 4) is 5.75 Å². The predicted octanol–water partition coefficient (Wildman–Crippen LogP) is 2.35. The molecule has 11 heavy (non-hydrogen) atoms. The predicted molar refractivity (Wildman–Crippen MR) is 48.2 cm³/mol. The monoisotopic (exact) mass is 164 g/mol. The van der Waals surface area contributed by atoms with E-state index in [4.69, 9.17) is 4.43 Å². The summed E-state index contributed by atoms with van der Waals surface area (Å²) in [5, 5.41) is 0. The number of aryl methyl sites for hydroxylation is 2. The van der Waals surface area contributed by atoms with E-state index in [0.29, 0.717) is 9.76 Å². The van der Waals surface area contributed by atoms with Crippen molar-refractivity contribution in [1.82, 2.24) is 0 Å². The van der Waals surface area contributed by atoms with Crippen molar-refractivity contribution >= 4 is 9.76 Å². The smallest absolute Gasteiger partial charge is 0.307 e. The largest absolute Gasteiger partial charge is 0.541 e. The highest BCUT2D eigenvalue weighted by Crippen LogP contribution is 2.18. The lowest BCUT2D eigenvalue weighted by Gasteiger charge is -2.06. The van der Waals surface area contributed by atoms with Gasteiger partial charge in [0.05, 0.1) is 0 Å². The summed E-state index contributed by atoms with van der Waals surface area (Å²) in [4.78, 5) is 0. The van der Waals surface area contributed by atoms with Gasteiger partial charge in [0, 0.05) is 0 Å². The van der Waals surface area contributed by atoms with Crippen LogP contribution in [0.5, 0.6) is 5.75 Å². The lowest BCUT2D eigenvalue weighted by molar-refractivity contribution is 0.594. The summed E-state index contributed by atoms with van der Waals surface area (Å²) in [7, 11) is 0.528. The zero-order valence-electron chi connectivity index (χ0n) is 7.14. The van der Waals surface area contributed by atoms with Crippen LogP contribution in [0, 0.1) is 13.8 Å². The van der Waals surface area contributed by atoms with Crippen molar-refractivity contribution in [2.24, 2.45) is 0 Å². The second-order valence-electron chi connectivity index (χ2n) is 2.58. The maximum Gasteiger partial charge on any atom is 0.307 e. The van der Waals surface area contributed by atoms with Crippen LogP contribution in [0.15, 0.2) is 18.2 Å². The van der Waals surface area contributed by atoms with Crippen LogP contribution < -0.4 is 4.43 Å². The maximum absolute atomic E-state index is 5.45. The van der Waals surface area contributed by atoms with Gasteiger partial charge < -0.3 is 4.43 Å². The van der Waals surface area contributed by atoms with Crippen LogP contribution in [-0.2, 0) is 0 Å². The SMILES string of the molecule is C[Si]Oc1cc(C)ccc1C. The van der Waals surface area contributed by atoms with Crippen LogP contribution in [-0.4, -0.2) is 9.76 Å². The maximum atomic E-state index is 5.45. The van der Waals surface area contributed by atoms with Gasteiger partial charge in [-0.3, -0.25) is 0 Å². The van der Waals surface area contributed by atoms with E-state index in [2.05, 4.69) is 32.0 Å². The quantitative estimate of drug-likeness (QED) is 0.610. The van der Waals surface area contributed by atoms with Gasteiger partial charge in [-0.25, -0.2) is 0 Å². The minimum atomic E-state index is 0.528. The van der Waals surface area contributed by atoms with Gasteiger partial charge in [0.25, 0.3) is 0 Å². The zero-order valence-corrected chi connectivity index (χ0v) is 8.14. The zero-order chi connectivity index (χ0) is 8.27. The Bertz CT molecular complexity index is 245. The van der Waals surface area contributed by atoms with E-state index >= 15 is 0 Å². The first-order chi connectivity index (χ1) is 5.24. The van der Waals surface area contributed by atoms with Gasteiger partial charge in [0.1, 0.15) is 5.75 Å². The minimum absolute atomic E-state index is 0.528. The summed E-state index contributed by atoms with van der Waals surface area (Å²) in [5.41, 5.74) is 2.47. The first kappa shape index (κ1) is 8.33. The molecule has 0 N–H and O–H groups in total. The van der Waals surface area contributed by atoms with Crippen LogP contribution in [0.3, 0.4) is 0 Å². The van der Waals surface area contributed by atoms with E-state index in [1.54, 1.807) is 0 Å². The highest BCUT2D eigenvalue weighted by atomic mass is 28.2. The Labute approximate surface area is 70.3 Å². The van der Waals surface area contributed by atoms with Crippen LogP contribution in [0.1, 0.15) is 11.1 Å². The summed E-state index contributed by atoms with van der Waals surface area (Å²) >= 11 is 0. The van der Waals surface area contributed by atoms with E-state index < -0.39 is 0 Å². The van der Waals surface area contributed by atoms with Crippen LogP contribution in [0.25, 0.3) is 0 Å². The molecular weight excluding hydrogens is 152 g/mol. The Hall–Kier alpha value is -0.763. The van der Waals surface area contributed by atoms with E-state index in [9.17, 15) is 0 Å². The van der Waals surface area contributed by atoms with Gasteiger partial charge in [-0.2, -0.15) is 0 Å². The number of rotatable bonds is 2.